The van der Waals surface area contributed by atoms with Crippen LogP contribution in [0.1, 0.15) is 106 Å². The molecule has 3 aromatic rings. The van der Waals surface area contributed by atoms with E-state index in [2.05, 4.69) is 83.1 Å². The van der Waals surface area contributed by atoms with Gasteiger partial charge in [0.15, 0.2) is 0 Å². The van der Waals surface area contributed by atoms with Crippen LogP contribution >= 0.6 is 65.9 Å². The Balaban J connectivity index is 2.04. The molecule has 0 saturated heterocycles. The molecule has 3 aromatic heterocycles. The largest absolute Gasteiger partial charge is 0.142 e. The fourth-order valence-corrected chi connectivity index (χ4v) is 9.15. The van der Waals surface area contributed by atoms with E-state index in [0.29, 0.717) is 0 Å². The molecule has 3 rings (SSSR count). The van der Waals surface area contributed by atoms with Crippen molar-refractivity contribution >= 4 is 71.9 Å². The number of aryl methyl sites for hydroxylation is 1. The zero-order valence-corrected chi connectivity index (χ0v) is 27.4. The summed E-state index contributed by atoms with van der Waals surface area (Å²) in [6.45, 7) is 9.21. The van der Waals surface area contributed by atoms with E-state index in [-0.39, 0.29) is 0 Å². The molecule has 0 nitrogen and oxygen atoms in total. The molecule has 5 heteroatoms. The second-order valence-electron chi connectivity index (χ2n) is 9.33. The fourth-order valence-electron chi connectivity index (χ4n) is 4.59. The van der Waals surface area contributed by atoms with Gasteiger partial charge in [-0.1, -0.05) is 53.4 Å². The first-order valence-corrected chi connectivity index (χ1v) is 17.5. The van der Waals surface area contributed by atoms with Crippen molar-refractivity contribution in [3.63, 3.8) is 0 Å². The molecule has 3 heterocycles. The van der Waals surface area contributed by atoms with Crippen LogP contribution in [0.15, 0.2) is 20.9 Å². The Morgan fingerprint density at radius 2 is 1.23 bits per heavy atom. The van der Waals surface area contributed by atoms with Gasteiger partial charge in [0.05, 0.1) is 3.39 Å². The number of halogens is 2. The summed E-state index contributed by atoms with van der Waals surface area (Å²) in [6, 6.07) is 4.80. The molecule has 0 fully saturated rings. The van der Waals surface area contributed by atoms with Gasteiger partial charge in [-0.15, -0.1) is 34.0 Å². The summed E-state index contributed by atoms with van der Waals surface area (Å²) in [5, 5.41) is 2.45. The topological polar surface area (TPSA) is 0 Å². The molecule has 0 atom stereocenters. The Morgan fingerprint density at radius 3 is 1.83 bits per heavy atom. The molecule has 0 unspecified atom stereocenters. The highest BCUT2D eigenvalue weighted by molar-refractivity contribution is 9.28. The van der Waals surface area contributed by atoms with Crippen molar-refractivity contribution in [3.05, 3.63) is 48.0 Å². The number of unbranched alkanes of at least 4 members (excludes halogenated alkanes) is 4. The molecule has 192 valence electrons. The van der Waals surface area contributed by atoms with Crippen molar-refractivity contribution in [3.8, 4) is 19.5 Å². The number of hydrogen-bond donors (Lipinski definition) is 0. The van der Waals surface area contributed by atoms with Crippen LogP contribution in [0.25, 0.3) is 25.6 Å². The molecule has 35 heavy (non-hydrogen) atoms. The second-order valence-corrected chi connectivity index (χ2v) is 15.1. The second kappa shape index (κ2) is 15.3. The first kappa shape index (κ1) is 29.4. The van der Waals surface area contributed by atoms with E-state index >= 15 is 0 Å². The number of hydrogen-bond acceptors (Lipinski definition) is 3. The van der Waals surface area contributed by atoms with Crippen molar-refractivity contribution in [2.45, 2.75) is 105 Å². The lowest BCUT2D eigenvalue weighted by Gasteiger charge is -2.08. The van der Waals surface area contributed by atoms with Crippen LogP contribution in [-0.2, 0) is 25.7 Å². The minimum Gasteiger partial charge on any atom is -0.142 e. The third-order valence-electron chi connectivity index (χ3n) is 6.56. The van der Waals surface area contributed by atoms with Gasteiger partial charge in [0.2, 0.25) is 0 Å². The highest BCUT2D eigenvalue weighted by Gasteiger charge is 2.21. The highest BCUT2D eigenvalue weighted by atomic mass is 79.9. The van der Waals surface area contributed by atoms with Crippen molar-refractivity contribution in [1.82, 2.24) is 0 Å². The van der Waals surface area contributed by atoms with E-state index < -0.39 is 0 Å². The van der Waals surface area contributed by atoms with Crippen molar-refractivity contribution in [2.75, 3.05) is 0 Å². The van der Waals surface area contributed by atoms with Crippen LogP contribution in [0.3, 0.4) is 0 Å². The SMILES string of the molecule is CCCCc1csc(-c2ccc(-c3sc(C=C(Br)Br)c(CCCC)c3CCCC)s2)c1CCCC. The van der Waals surface area contributed by atoms with Gasteiger partial charge in [-0.3, -0.25) is 0 Å². The summed E-state index contributed by atoms with van der Waals surface area (Å²) in [5.74, 6) is 0. The summed E-state index contributed by atoms with van der Waals surface area (Å²) in [6.07, 6.45) is 17.2. The average molecular weight is 657 g/mol. The smallest absolute Gasteiger partial charge is 0.0618 e. The van der Waals surface area contributed by atoms with Crippen molar-refractivity contribution in [1.29, 1.82) is 0 Å². The quantitative estimate of drug-likeness (QED) is 0.153. The van der Waals surface area contributed by atoms with Gasteiger partial charge in [0.25, 0.3) is 0 Å². The molecule has 0 saturated carbocycles. The van der Waals surface area contributed by atoms with Gasteiger partial charge in [-0.05, 0) is 129 Å². The van der Waals surface area contributed by atoms with E-state index in [4.69, 9.17) is 0 Å². The first-order chi connectivity index (χ1) is 17.0. The molecular weight excluding hydrogens is 616 g/mol. The predicted octanol–water partition coefficient (Wildman–Crippen LogP) is 12.7. The molecular formula is C30H40Br2S3. The summed E-state index contributed by atoms with van der Waals surface area (Å²) in [7, 11) is 0. The Kier molecular flexibility index (Phi) is 12.8. The maximum Gasteiger partial charge on any atom is 0.0618 e. The molecule has 0 radical (unpaired) electrons. The van der Waals surface area contributed by atoms with Crippen LogP contribution in [0.4, 0.5) is 0 Å². The monoisotopic (exact) mass is 654 g/mol. The molecule has 0 bridgehead atoms. The Morgan fingerprint density at radius 1 is 0.686 bits per heavy atom. The van der Waals surface area contributed by atoms with Gasteiger partial charge < -0.3 is 0 Å². The first-order valence-electron chi connectivity index (χ1n) is 13.4. The lowest BCUT2D eigenvalue weighted by atomic mass is 9.97. The van der Waals surface area contributed by atoms with E-state index in [1.807, 2.05) is 34.0 Å². The van der Waals surface area contributed by atoms with E-state index in [9.17, 15) is 0 Å². The van der Waals surface area contributed by atoms with E-state index in [0.717, 1.165) is 3.39 Å². The minimum atomic E-state index is 1.03. The highest BCUT2D eigenvalue weighted by Crippen LogP contribution is 2.46. The van der Waals surface area contributed by atoms with Gasteiger partial charge in [0, 0.05) is 24.4 Å². The van der Waals surface area contributed by atoms with Gasteiger partial charge >= 0.3 is 0 Å². The van der Waals surface area contributed by atoms with Crippen LogP contribution in [0, 0.1) is 0 Å². The van der Waals surface area contributed by atoms with Gasteiger partial charge in [-0.2, -0.15) is 0 Å². The van der Waals surface area contributed by atoms with Crippen LogP contribution in [0.2, 0.25) is 0 Å². The lowest BCUT2D eigenvalue weighted by molar-refractivity contribution is 0.762. The Bertz CT molecular complexity index is 1080. The summed E-state index contributed by atoms with van der Waals surface area (Å²) >= 11 is 13.2. The maximum absolute atomic E-state index is 3.63. The molecule has 0 amide bonds. The van der Waals surface area contributed by atoms with Gasteiger partial charge in [-0.25, -0.2) is 0 Å². The Hall–Kier alpha value is -0.200. The van der Waals surface area contributed by atoms with E-state index in [1.165, 1.54) is 101 Å². The van der Waals surface area contributed by atoms with Crippen LogP contribution < -0.4 is 0 Å². The lowest BCUT2D eigenvalue weighted by Crippen LogP contribution is -1.94. The number of thiophene rings is 3. The zero-order valence-electron chi connectivity index (χ0n) is 21.8. The van der Waals surface area contributed by atoms with E-state index in [1.54, 1.807) is 22.3 Å². The normalized spacial score (nSPS) is 11.4. The molecule has 0 N–H and O–H groups in total. The summed E-state index contributed by atoms with van der Waals surface area (Å²) in [5.41, 5.74) is 6.42. The fraction of sp³-hybridized carbons (Fsp3) is 0.533. The zero-order chi connectivity index (χ0) is 25.2. The molecule has 0 aliphatic heterocycles. The van der Waals surface area contributed by atoms with Gasteiger partial charge in [0.1, 0.15) is 0 Å². The molecule has 0 aliphatic rings. The Labute approximate surface area is 242 Å². The minimum absolute atomic E-state index is 1.03. The number of rotatable bonds is 15. The molecule has 0 spiro atoms. The summed E-state index contributed by atoms with van der Waals surface area (Å²) < 4.78 is 1.03. The maximum atomic E-state index is 3.63. The third-order valence-corrected chi connectivity index (χ3v) is 10.8. The standard InChI is InChI=1S/C30H40Br2S3/c1-5-9-13-21-20-33-29(22(21)14-10-6-2)25-17-18-26(34-25)30-24(16-12-8-4)23(15-11-7-3)27(35-30)19-28(31)32/h17-20H,5-16H2,1-4H3. The third kappa shape index (κ3) is 7.89. The molecule has 0 aromatic carbocycles. The van der Waals surface area contributed by atoms with Crippen molar-refractivity contribution < 1.29 is 0 Å². The molecule has 0 aliphatic carbocycles. The summed E-state index contributed by atoms with van der Waals surface area (Å²) in [4.78, 5) is 7.36. The average Bonchev–Trinajstić information content (AvgIpc) is 3.55. The van der Waals surface area contributed by atoms with Crippen molar-refractivity contribution in [2.24, 2.45) is 0 Å². The van der Waals surface area contributed by atoms with Crippen LogP contribution in [0.5, 0.6) is 0 Å². The van der Waals surface area contributed by atoms with Crippen LogP contribution in [-0.4, -0.2) is 0 Å². The predicted molar refractivity (Wildman–Crippen MR) is 171 cm³/mol.